The zero-order valence-electron chi connectivity index (χ0n) is 11.9. The maximum absolute atomic E-state index is 4.58. The van der Waals surface area contributed by atoms with E-state index in [2.05, 4.69) is 67.6 Å². The molecule has 1 N–H and O–H groups in total. The van der Waals surface area contributed by atoms with E-state index >= 15 is 0 Å². The Hall–Kier alpha value is -0.170. The largest absolute Gasteiger partial charge is 0.309 e. The number of nitrogens with one attached hydrogen (secondary N) is 1. The summed E-state index contributed by atoms with van der Waals surface area (Å²) in [6, 6.07) is 2.42. The van der Waals surface area contributed by atoms with Crippen molar-refractivity contribution in [2.75, 3.05) is 6.54 Å². The average molecular weight is 421 g/mol. The van der Waals surface area contributed by atoms with Crippen LogP contribution in [0.5, 0.6) is 0 Å². The van der Waals surface area contributed by atoms with Crippen molar-refractivity contribution < 1.29 is 0 Å². The first-order chi connectivity index (χ1) is 9.58. The third-order valence-corrected chi connectivity index (χ3v) is 6.21. The van der Waals surface area contributed by atoms with E-state index in [-0.39, 0.29) is 0 Å². The van der Waals surface area contributed by atoms with Gasteiger partial charge in [-0.25, -0.2) is 0 Å². The van der Waals surface area contributed by atoms with Gasteiger partial charge in [-0.15, -0.1) is 11.3 Å². The minimum absolute atomic E-state index is 0.311. The van der Waals surface area contributed by atoms with Crippen molar-refractivity contribution in [1.82, 2.24) is 15.1 Å². The van der Waals surface area contributed by atoms with Gasteiger partial charge in [0.15, 0.2) is 0 Å². The first kappa shape index (κ1) is 16.2. The number of nitrogens with zero attached hydrogens (tertiary/aromatic N) is 2. The summed E-state index contributed by atoms with van der Waals surface area (Å²) in [6.45, 7) is 5.23. The SMILES string of the molecule is CCNC(Cc1c(Br)c(CC)nn1C)c1sccc1Br. The molecule has 0 aromatic carbocycles. The van der Waals surface area contributed by atoms with E-state index in [1.54, 1.807) is 11.3 Å². The maximum atomic E-state index is 4.58. The molecule has 2 heterocycles. The van der Waals surface area contributed by atoms with E-state index in [9.17, 15) is 0 Å². The maximum Gasteiger partial charge on any atom is 0.0766 e. The number of likely N-dealkylation sites (N-methyl/N-ethyl adjacent to an activating group) is 1. The predicted molar refractivity (Wildman–Crippen MR) is 92.4 cm³/mol. The zero-order valence-corrected chi connectivity index (χ0v) is 15.9. The summed E-state index contributed by atoms with van der Waals surface area (Å²) in [4.78, 5) is 1.35. The quantitative estimate of drug-likeness (QED) is 0.747. The van der Waals surface area contributed by atoms with Crippen LogP contribution in [0.1, 0.15) is 36.2 Å². The van der Waals surface area contributed by atoms with Crippen molar-refractivity contribution >= 4 is 43.2 Å². The molecule has 0 saturated carbocycles. The van der Waals surface area contributed by atoms with Crippen molar-refractivity contribution in [1.29, 1.82) is 0 Å². The molecule has 0 fully saturated rings. The number of halogens is 2. The Bertz CT molecular complexity index is 577. The number of rotatable bonds is 6. The van der Waals surface area contributed by atoms with Crippen molar-refractivity contribution in [3.8, 4) is 0 Å². The van der Waals surface area contributed by atoms with E-state index < -0.39 is 0 Å². The standard InChI is InChI=1S/C14H19Br2N3S/c1-4-10-13(16)12(19(3)18-10)8-11(17-5-2)14-9(15)6-7-20-14/h6-7,11,17H,4-5,8H2,1-3H3. The van der Waals surface area contributed by atoms with Gasteiger partial charge in [-0.3, -0.25) is 4.68 Å². The van der Waals surface area contributed by atoms with Crippen LogP contribution < -0.4 is 5.32 Å². The third-order valence-electron chi connectivity index (χ3n) is 3.31. The van der Waals surface area contributed by atoms with Gasteiger partial charge in [0.05, 0.1) is 15.9 Å². The first-order valence-electron chi connectivity index (χ1n) is 6.74. The molecule has 6 heteroatoms. The molecule has 0 aliphatic rings. The van der Waals surface area contributed by atoms with E-state index in [1.165, 1.54) is 15.0 Å². The highest BCUT2D eigenvalue weighted by Gasteiger charge is 2.20. The summed E-state index contributed by atoms with van der Waals surface area (Å²) in [6.07, 6.45) is 1.88. The van der Waals surface area contributed by atoms with Gasteiger partial charge in [-0.05, 0) is 56.3 Å². The Labute approximate surface area is 141 Å². The molecule has 3 nitrogen and oxygen atoms in total. The Morgan fingerprint density at radius 3 is 2.65 bits per heavy atom. The molecule has 1 atom stereocenters. The molecule has 0 saturated heterocycles. The molecule has 0 aliphatic carbocycles. The van der Waals surface area contributed by atoms with Gasteiger partial charge in [0.1, 0.15) is 0 Å². The summed E-state index contributed by atoms with van der Waals surface area (Å²) < 4.78 is 4.33. The normalized spacial score (nSPS) is 12.8. The van der Waals surface area contributed by atoms with Crippen LogP contribution in [-0.4, -0.2) is 16.3 Å². The van der Waals surface area contributed by atoms with Crippen molar-refractivity contribution in [2.45, 2.75) is 32.7 Å². The lowest BCUT2D eigenvalue weighted by Crippen LogP contribution is -2.23. The molecule has 110 valence electrons. The lowest BCUT2D eigenvalue weighted by molar-refractivity contribution is 0.533. The molecule has 2 aromatic heterocycles. The number of hydrogen-bond donors (Lipinski definition) is 1. The Morgan fingerprint density at radius 1 is 1.40 bits per heavy atom. The highest BCUT2D eigenvalue weighted by atomic mass is 79.9. The smallest absolute Gasteiger partial charge is 0.0766 e. The fourth-order valence-corrected chi connectivity index (χ4v) is 4.80. The third kappa shape index (κ3) is 3.35. The second-order valence-corrected chi connectivity index (χ2v) is 7.23. The Morgan fingerprint density at radius 2 is 2.15 bits per heavy atom. The minimum atomic E-state index is 0.311. The minimum Gasteiger partial charge on any atom is -0.309 e. The molecular formula is C14H19Br2N3S. The Balaban J connectivity index is 2.29. The van der Waals surface area contributed by atoms with Gasteiger partial charge >= 0.3 is 0 Å². The zero-order chi connectivity index (χ0) is 14.7. The average Bonchev–Trinajstić information content (AvgIpc) is 2.96. The molecule has 2 aromatic rings. The molecular weight excluding hydrogens is 402 g/mol. The molecule has 20 heavy (non-hydrogen) atoms. The van der Waals surface area contributed by atoms with Crippen LogP contribution in [0.15, 0.2) is 20.4 Å². The van der Waals surface area contributed by atoms with Gasteiger partial charge in [0.25, 0.3) is 0 Å². The Kier molecular flexibility index (Phi) is 5.84. The fourth-order valence-electron chi connectivity index (χ4n) is 2.29. The van der Waals surface area contributed by atoms with Crippen molar-refractivity contribution in [2.24, 2.45) is 7.05 Å². The van der Waals surface area contributed by atoms with Gasteiger partial charge in [-0.2, -0.15) is 5.10 Å². The lowest BCUT2D eigenvalue weighted by atomic mass is 10.1. The van der Waals surface area contributed by atoms with Crippen LogP contribution in [0.2, 0.25) is 0 Å². The number of aromatic nitrogens is 2. The molecule has 0 bridgehead atoms. The van der Waals surface area contributed by atoms with Crippen LogP contribution in [0, 0.1) is 0 Å². The van der Waals surface area contributed by atoms with Crippen molar-refractivity contribution in [3.63, 3.8) is 0 Å². The van der Waals surface area contributed by atoms with Gasteiger partial charge < -0.3 is 5.32 Å². The molecule has 1 unspecified atom stereocenters. The lowest BCUT2D eigenvalue weighted by Gasteiger charge is -2.17. The highest BCUT2D eigenvalue weighted by molar-refractivity contribution is 9.10. The molecule has 0 amide bonds. The van der Waals surface area contributed by atoms with Crippen LogP contribution in [-0.2, 0) is 19.9 Å². The second kappa shape index (κ2) is 7.20. The van der Waals surface area contributed by atoms with Gasteiger partial charge in [0.2, 0.25) is 0 Å². The summed E-state index contributed by atoms with van der Waals surface area (Å²) in [7, 11) is 2.02. The van der Waals surface area contributed by atoms with Gasteiger partial charge in [0, 0.05) is 28.9 Å². The fraction of sp³-hybridized carbons (Fsp3) is 0.500. The van der Waals surface area contributed by atoms with E-state index in [0.717, 1.165) is 29.6 Å². The molecule has 0 radical (unpaired) electrons. The highest BCUT2D eigenvalue weighted by Crippen LogP contribution is 2.33. The predicted octanol–water partition coefficient (Wildman–Crippen LogP) is 4.46. The van der Waals surface area contributed by atoms with Crippen LogP contribution in [0.4, 0.5) is 0 Å². The molecule has 0 spiro atoms. The summed E-state index contributed by atoms with van der Waals surface area (Å²) in [5.74, 6) is 0. The van der Waals surface area contributed by atoms with Gasteiger partial charge in [-0.1, -0.05) is 13.8 Å². The van der Waals surface area contributed by atoms with Crippen LogP contribution in [0.3, 0.4) is 0 Å². The summed E-state index contributed by atoms with van der Waals surface area (Å²) in [5, 5.41) is 10.3. The van der Waals surface area contributed by atoms with Crippen LogP contribution in [0.25, 0.3) is 0 Å². The molecule has 0 aliphatic heterocycles. The summed E-state index contributed by atoms with van der Waals surface area (Å²) in [5.41, 5.74) is 2.37. The van der Waals surface area contributed by atoms with Crippen LogP contribution >= 0.6 is 43.2 Å². The van der Waals surface area contributed by atoms with E-state index in [0.29, 0.717) is 6.04 Å². The van der Waals surface area contributed by atoms with E-state index in [4.69, 9.17) is 0 Å². The summed E-state index contributed by atoms with van der Waals surface area (Å²) >= 11 is 9.13. The van der Waals surface area contributed by atoms with E-state index in [1.807, 2.05) is 11.7 Å². The first-order valence-corrected chi connectivity index (χ1v) is 9.21. The topological polar surface area (TPSA) is 29.9 Å². The van der Waals surface area contributed by atoms with Crippen molar-refractivity contribution in [3.05, 3.63) is 36.7 Å². The number of hydrogen-bond acceptors (Lipinski definition) is 3. The number of thiophene rings is 1. The second-order valence-electron chi connectivity index (χ2n) is 4.63. The molecule has 2 rings (SSSR count). The number of aryl methyl sites for hydroxylation is 2. The monoisotopic (exact) mass is 419 g/mol.